The summed E-state index contributed by atoms with van der Waals surface area (Å²) in [6.07, 6.45) is 8.82. The molecule has 1 unspecified atom stereocenters. The van der Waals surface area contributed by atoms with Gasteiger partial charge in [-0.05, 0) is 30.6 Å². The maximum absolute atomic E-state index is 3.83. The van der Waals surface area contributed by atoms with Crippen LogP contribution in [0.25, 0.3) is 0 Å². The average molecular weight is 217 g/mol. The molecule has 1 heteroatoms. The second-order valence-corrected chi connectivity index (χ2v) is 5.18. The summed E-state index contributed by atoms with van der Waals surface area (Å²) in [7, 11) is 0. The van der Waals surface area contributed by atoms with Gasteiger partial charge in [-0.2, -0.15) is 0 Å². The van der Waals surface area contributed by atoms with Gasteiger partial charge >= 0.3 is 0 Å². The topological polar surface area (TPSA) is 0 Å². The van der Waals surface area contributed by atoms with Crippen LogP contribution in [0.5, 0.6) is 0 Å². The van der Waals surface area contributed by atoms with Crippen molar-refractivity contribution in [3.8, 4) is 0 Å². The molecule has 0 saturated heterocycles. The fraction of sp³-hybridized carbons (Fsp3) is 1.00. The van der Waals surface area contributed by atoms with E-state index >= 15 is 0 Å². The highest BCUT2D eigenvalue weighted by atomic mass is 79.9. The molecule has 0 aromatic rings. The second-order valence-electron chi connectivity index (χ2n) is 4.19. The van der Waals surface area contributed by atoms with Crippen LogP contribution in [-0.4, -0.2) is 4.83 Å². The molecule has 11 heavy (non-hydrogen) atoms. The van der Waals surface area contributed by atoms with Gasteiger partial charge in [-0.1, -0.05) is 42.1 Å². The van der Waals surface area contributed by atoms with Crippen molar-refractivity contribution in [3.63, 3.8) is 0 Å². The number of alkyl halides is 1. The highest BCUT2D eigenvalue weighted by Crippen LogP contribution is 2.65. The van der Waals surface area contributed by atoms with E-state index in [0.29, 0.717) is 0 Å². The monoisotopic (exact) mass is 216 g/mol. The van der Waals surface area contributed by atoms with Crippen LogP contribution < -0.4 is 0 Å². The normalized spacial score (nSPS) is 49.6. The van der Waals surface area contributed by atoms with Crippen LogP contribution in [0.15, 0.2) is 0 Å². The summed E-state index contributed by atoms with van der Waals surface area (Å²) in [4.78, 5) is 0.875. The Morgan fingerprint density at radius 2 is 2.18 bits per heavy atom. The van der Waals surface area contributed by atoms with Crippen molar-refractivity contribution < 1.29 is 0 Å². The summed E-state index contributed by atoms with van der Waals surface area (Å²) in [5, 5.41) is 0. The Morgan fingerprint density at radius 3 is 2.91 bits per heavy atom. The fourth-order valence-corrected chi connectivity index (χ4v) is 4.44. The van der Waals surface area contributed by atoms with Crippen molar-refractivity contribution >= 4 is 15.9 Å². The molecule has 0 spiro atoms. The third-order valence-corrected chi connectivity index (χ3v) is 5.40. The summed E-state index contributed by atoms with van der Waals surface area (Å²) < 4.78 is 0. The van der Waals surface area contributed by atoms with E-state index in [1.807, 2.05) is 0 Å². The molecule has 0 amide bonds. The van der Waals surface area contributed by atoms with E-state index in [-0.39, 0.29) is 0 Å². The first-order valence-corrected chi connectivity index (χ1v) is 5.87. The molecule has 0 nitrogen and oxygen atoms in total. The summed E-state index contributed by atoms with van der Waals surface area (Å²) in [5.41, 5.74) is 0.747. The Balaban J connectivity index is 2.07. The largest absolute Gasteiger partial charge is 0.0881 e. The number of hydrogen-bond donors (Lipinski definition) is 0. The van der Waals surface area contributed by atoms with Crippen molar-refractivity contribution in [1.82, 2.24) is 0 Å². The number of halogens is 1. The predicted octanol–water partition coefficient (Wildman–Crippen LogP) is 3.74. The van der Waals surface area contributed by atoms with Crippen LogP contribution in [0.2, 0.25) is 0 Å². The Hall–Kier alpha value is 0.480. The van der Waals surface area contributed by atoms with E-state index in [1.54, 1.807) is 0 Å². The Kier molecular flexibility index (Phi) is 2.03. The summed E-state index contributed by atoms with van der Waals surface area (Å²) in [5.74, 6) is 1.04. The molecular formula is C10H17Br. The van der Waals surface area contributed by atoms with Crippen LogP contribution in [-0.2, 0) is 0 Å². The first-order valence-electron chi connectivity index (χ1n) is 4.95. The van der Waals surface area contributed by atoms with Gasteiger partial charge in [-0.25, -0.2) is 0 Å². The van der Waals surface area contributed by atoms with Gasteiger partial charge < -0.3 is 0 Å². The number of rotatable bonds is 1. The molecule has 0 radical (unpaired) electrons. The molecule has 3 atom stereocenters. The lowest BCUT2D eigenvalue weighted by Gasteiger charge is -2.11. The first-order chi connectivity index (χ1) is 5.31. The molecule has 2 rings (SSSR count). The predicted molar refractivity (Wildman–Crippen MR) is 52.0 cm³/mol. The minimum atomic E-state index is 0.747. The minimum absolute atomic E-state index is 0.747. The lowest BCUT2D eigenvalue weighted by atomic mass is 9.95. The molecule has 2 aliphatic rings. The molecule has 2 aliphatic carbocycles. The van der Waals surface area contributed by atoms with Gasteiger partial charge in [0.2, 0.25) is 0 Å². The molecule has 2 saturated carbocycles. The first kappa shape index (κ1) is 8.10. The standard InChI is InChI=1S/C10H17Br/c1-2-10-7-5-3-4-6-8(10)9(10)11/h8-9H,2-7H2,1H3/t8?,9-,10+/m1/s1. The molecule has 0 bridgehead atoms. The van der Waals surface area contributed by atoms with E-state index < -0.39 is 0 Å². The molecule has 0 aromatic carbocycles. The quantitative estimate of drug-likeness (QED) is 0.587. The van der Waals surface area contributed by atoms with Gasteiger partial charge in [-0.3, -0.25) is 0 Å². The maximum atomic E-state index is 3.83. The van der Waals surface area contributed by atoms with Gasteiger partial charge in [-0.15, -0.1) is 0 Å². The third-order valence-electron chi connectivity index (χ3n) is 3.85. The van der Waals surface area contributed by atoms with Crippen molar-refractivity contribution in [2.24, 2.45) is 11.3 Å². The van der Waals surface area contributed by atoms with Crippen LogP contribution in [0.3, 0.4) is 0 Å². The minimum Gasteiger partial charge on any atom is -0.0881 e. The van der Waals surface area contributed by atoms with Crippen LogP contribution in [0, 0.1) is 11.3 Å². The third kappa shape index (κ3) is 1.07. The Bertz CT molecular complexity index is 155. The molecular weight excluding hydrogens is 200 g/mol. The SMILES string of the molecule is CC[C@]12CCCCCC1[C@H]2Br. The summed E-state index contributed by atoms with van der Waals surface area (Å²) in [6.45, 7) is 2.36. The van der Waals surface area contributed by atoms with Crippen LogP contribution >= 0.6 is 15.9 Å². The molecule has 0 aliphatic heterocycles. The van der Waals surface area contributed by atoms with Gasteiger partial charge in [0.15, 0.2) is 0 Å². The van der Waals surface area contributed by atoms with Crippen molar-refractivity contribution in [3.05, 3.63) is 0 Å². The smallest absolute Gasteiger partial charge is 0.0239 e. The van der Waals surface area contributed by atoms with Gasteiger partial charge in [0.1, 0.15) is 0 Å². The number of fused-ring (bicyclic) bond motifs is 1. The van der Waals surface area contributed by atoms with E-state index in [9.17, 15) is 0 Å². The molecule has 0 aromatic heterocycles. The zero-order chi connectivity index (χ0) is 7.90. The van der Waals surface area contributed by atoms with Gasteiger partial charge in [0, 0.05) is 4.83 Å². The zero-order valence-electron chi connectivity index (χ0n) is 7.28. The summed E-state index contributed by atoms with van der Waals surface area (Å²) in [6, 6.07) is 0. The van der Waals surface area contributed by atoms with Crippen molar-refractivity contribution in [2.75, 3.05) is 0 Å². The second kappa shape index (κ2) is 2.76. The van der Waals surface area contributed by atoms with E-state index in [1.165, 1.54) is 38.5 Å². The lowest BCUT2D eigenvalue weighted by molar-refractivity contribution is 0.410. The molecule has 0 N–H and O–H groups in total. The summed E-state index contributed by atoms with van der Waals surface area (Å²) >= 11 is 3.83. The maximum Gasteiger partial charge on any atom is 0.0239 e. The molecule has 64 valence electrons. The van der Waals surface area contributed by atoms with Gasteiger partial charge in [0.25, 0.3) is 0 Å². The van der Waals surface area contributed by atoms with Crippen LogP contribution in [0.4, 0.5) is 0 Å². The van der Waals surface area contributed by atoms with Crippen molar-refractivity contribution in [1.29, 1.82) is 0 Å². The van der Waals surface area contributed by atoms with E-state index in [2.05, 4.69) is 22.9 Å². The zero-order valence-corrected chi connectivity index (χ0v) is 8.86. The fourth-order valence-electron chi connectivity index (χ4n) is 2.91. The highest BCUT2D eigenvalue weighted by Gasteiger charge is 2.60. The van der Waals surface area contributed by atoms with Crippen molar-refractivity contribution in [2.45, 2.75) is 50.3 Å². The van der Waals surface area contributed by atoms with Gasteiger partial charge in [0.05, 0.1) is 0 Å². The van der Waals surface area contributed by atoms with Crippen LogP contribution in [0.1, 0.15) is 45.4 Å². The average Bonchev–Trinajstić information content (AvgIpc) is 2.64. The Morgan fingerprint density at radius 1 is 1.36 bits per heavy atom. The molecule has 0 heterocycles. The Labute approximate surface area is 77.9 Å². The molecule has 2 fully saturated rings. The van der Waals surface area contributed by atoms with E-state index in [4.69, 9.17) is 0 Å². The number of hydrogen-bond acceptors (Lipinski definition) is 0. The lowest BCUT2D eigenvalue weighted by Crippen LogP contribution is -2.02. The van der Waals surface area contributed by atoms with E-state index in [0.717, 1.165) is 16.2 Å². The highest BCUT2D eigenvalue weighted by molar-refractivity contribution is 9.09.